The molecule has 8 atom stereocenters. The molecule has 39 heavy (non-hydrogen) atoms. The third kappa shape index (κ3) is 3.33. The Hall–Kier alpha value is -1.96. The fourth-order valence-electron chi connectivity index (χ4n) is 12.2. The second-order valence-electron chi connectivity index (χ2n) is 15.0. The van der Waals surface area contributed by atoms with Crippen LogP contribution in [0, 0.1) is 34.5 Å². The Bertz CT molecular complexity index is 1160. The highest BCUT2D eigenvalue weighted by Crippen LogP contribution is 2.93. The summed E-state index contributed by atoms with van der Waals surface area (Å²) in [5.41, 5.74) is 5.46. The van der Waals surface area contributed by atoms with Crippen LogP contribution < -0.4 is 9.47 Å². The van der Waals surface area contributed by atoms with Crippen LogP contribution in [0.15, 0.2) is 48.5 Å². The zero-order valence-corrected chi connectivity index (χ0v) is 24.4. The molecule has 0 saturated heterocycles. The van der Waals surface area contributed by atoms with E-state index in [-0.39, 0.29) is 0 Å². The van der Waals surface area contributed by atoms with E-state index in [2.05, 4.69) is 62.4 Å². The maximum atomic E-state index is 6.08. The molecule has 0 aromatic heterocycles. The molecule has 0 amide bonds. The van der Waals surface area contributed by atoms with Gasteiger partial charge < -0.3 is 9.47 Å². The van der Waals surface area contributed by atoms with Crippen molar-refractivity contribution in [1.82, 2.24) is 0 Å². The predicted molar refractivity (Wildman–Crippen MR) is 157 cm³/mol. The van der Waals surface area contributed by atoms with Gasteiger partial charge >= 0.3 is 0 Å². The van der Waals surface area contributed by atoms with Crippen molar-refractivity contribution in [3.8, 4) is 11.5 Å². The first-order valence-corrected chi connectivity index (χ1v) is 16.5. The summed E-state index contributed by atoms with van der Waals surface area (Å²) in [5.74, 6) is 6.03. The zero-order valence-electron chi connectivity index (χ0n) is 24.4. The first-order valence-electron chi connectivity index (χ1n) is 16.5. The van der Waals surface area contributed by atoms with Gasteiger partial charge in [-0.05, 0) is 139 Å². The normalized spacial score (nSPS) is 41.6. The molecule has 0 aliphatic heterocycles. The number of hydrogen-bond donors (Lipinski definition) is 0. The van der Waals surface area contributed by atoms with Crippen LogP contribution in [0.1, 0.15) is 108 Å². The van der Waals surface area contributed by atoms with Gasteiger partial charge in [-0.1, -0.05) is 63.8 Å². The van der Waals surface area contributed by atoms with Gasteiger partial charge in [0.15, 0.2) is 0 Å². The lowest BCUT2D eigenvalue weighted by atomic mass is 9.13. The Labute approximate surface area is 236 Å². The molecular formula is C37H48O2. The summed E-state index contributed by atoms with van der Waals surface area (Å²) in [6.45, 7) is 6.22. The average Bonchev–Trinajstić information content (AvgIpc) is 2.96. The lowest BCUT2D eigenvalue weighted by Gasteiger charge is -2.91. The molecule has 0 heterocycles. The maximum Gasteiger partial charge on any atom is 0.119 e. The smallest absolute Gasteiger partial charge is 0.119 e. The number of benzene rings is 2. The molecule has 9 aliphatic rings. The Morgan fingerprint density at radius 3 is 1.62 bits per heavy atom. The van der Waals surface area contributed by atoms with Gasteiger partial charge in [0.1, 0.15) is 11.5 Å². The third-order valence-electron chi connectivity index (χ3n) is 13.3. The van der Waals surface area contributed by atoms with Crippen LogP contribution >= 0.6 is 0 Å². The lowest BCUT2D eigenvalue weighted by Crippen LogP contribution is -2.85. The van der Waals surface area contributed by atoms with Crippen LogP contribution in [-0.2, 0) is 10.8 Å². The van der Waals surface area contributed by atoms with Crippen LogP contribution in [0.4, 0.5) is 0 Å². The van der Waals surface area contributed by atoms with Crippen LogP contribution in [0.2, 0.25) is 0 Å². The molecule has 2 nitrogen and oxygen atoms in total. The van der Waals surface area contributed by atoms with Crippen molar-refractivity contribution >= 4 is 0 Å². The minimum atomic E-state index is 0.443. The van der Waals surface area contributed by atoms with Crippen molar-refractivity contribution < 1.29 is 9.47 Å². The molecule has 9 fully saturated rings. The second-order valence-corrected chi connectivity index (χ2v) is 15.0. The predicted octanol–water partition coefficient (Wildman–Crippen LogP) is 9.25. The van der Waals surface area contributed by atoms with Gasteiger partial charge in [0.05, 0.1) is 13.2 Å². The quantitative estimate of drug-likeness (QED) is 0.258. The van der Waals surface area contributed by atoms with Crippen molar-refractivity contribution in [3.63, 3.8) is 0 Å². The van der Waals surface area contributed by atoms with Gasteiger partial charge in [-0.15, -0.1) is 0 Å². The highest BCUT2D eigenvalue weighted by molar-refractivity contribution is 5.46. The van der Waals surface area contributed by atoms with E-state index in [1.807, 2.05) is 0 Å². The molecule has 2 aromatic carbocycles. The summed E-state index contributed by atoms with van der Waals surface area (Å²) >= 11 is 0. The van der Waals surface area contributed by atoms with Gasteiger partial charge in [-0.3, -0.25) is 0 Å². The van der Waals surface area contributed by atoms with Gasteiger partial charge in [-0.2, -0.15) is 0 Å². The van der Waals surface area contributed by atoms with Crippen LogP contribution in [0.5, 0.6) is 11.5 Å². The number of unbranched alkanes of at least 4 members (excludes halogenated alkanes) is 4. The first kappa shape index (κ1) is 24.8. The first-order chi connectivity index (χ1) is 19.1. The van der Waals surface area contributed by atoms with Gasteiger partial charge in [0, 0.05) is 0 Å². The standard InChI is InChI=1S/C37H48O2/c1-3-5-7-17-38-28-13-9-26(10-14-28)34-20-31-30-19-35(27-11-15-29(16-12-27)39-18-8-6-4-2)23-36(31)25-37(24-35,32(30)21-34)33(36)22-34/h9-16,30-33H,3-8,17-25H2,1-2H3/t30?,31-,32+,33?,34?,35?,36?,37?. The van der Waals surface area contributed by atoms with Crippen molar-refractivity contribution in [2.45, 2.75) is 108 Å². The van der Waals surface area contributed by atoms with Crippen molar-refractivity contribution in [2.24, 2.45) is 34.5 Å². The van der Waals surface area contributed by atoms with Crippen LogP contribution in [-0.4, -0.2) is 13.2 Å². The number of hydrogen-bond acceptors (Lipinski definition) is 2. The fraction of sp³-hybridized carbons (Fsp3) is 0.676. The van der Waals surface area contributed by atoms with E-state index < -0.39 is 0 Å². The van der Waals surface area contributed by atoms with Gasteiger partial charge in [0.25, 0.3) is 0 Å². The molecule has 2 heteroatoms. The topological polar surface area (TPSA) is 18.5 Å². The van der Waals surface area contributed by atoms with Crippen molar-refractivity contribution in [1.29, 1.82) is 0 Å². The molecule has 208 valence electrons. The van der Waals surface area contributed by atoms with E-state index in [4.69, 9.17) is 9.47 Å². The molecular weight excluding hydrogens is 476 g/mol. The summed E-state index contributed by atoms with van der Waals surface area (Å²) < 4.78 is 12.1. The molecule has 0 N–H and O–H groups in total. The van der Waals surface area contributed by atoms with Crippen LogP contribution in [0.3, 0.4) is 0 Å². The zero-order chi connectivity index (χ0) is 26.3. The van der Waals surface area contributed by atoms with Crippen molar-refractivity contribution in [2.75, 3.05) is 13.2 Å². The Morgan fingerprint density at radius 2 is 1.10 bits per heavy atom. The summed E-state index contributed by atoms with van der Waals surface area (Å²) in [6.07, 6.45) is 17.7. The van der Waals surface area contributed by atoms with E-state index in [1.54, 1.807) is 17.5 Å². The van der Waals surface area contributed by atoms with E-state index in [0.29, 0.717) is 21.7 Å². The monoisotopic (exact) mass is 524 g/mol. The van der Waals surface area contributed by atoms with Crippen LogP contribution in [0.25, 0.3) is 0 Å². The summed E-state index contributed by atoms with van der Waals surface area (Å²) in [6, 6.07) is 19.0. The van der Waals surface area contributed by atoms with Gasteiger partial charge in [-0.25, -0.2) is 0 Å². The molecule has 0 radical (unpaired) electrons. The lowest BCUT2D eigenvalue weighted by molar-refractivity contribution is -0.398. The molecule has 8 bridgehead atoms. The average molecular weight is 525 g/mol. The Morgan fingerprint density at radius 1 is 0.590 bits per heavy atom. The highest BCUT2D eigenvalue weighted by Gasteiger charge is 2.86. The molecule has 11 rings (SSSR count). The summed E-state index contributed by atoms with van der Waals surface area (Å²) in [4.78, 5) is 0. The maximum absolute atomic E-state index is 6.08. The molecule has 9 aliphatic carbocycles. The largest absolute Gasteiger partial charge is 0.494 e. The van der Waals surface area contributed by atoms with Gasteiger partial charge in [0.2, 0.25) is 0 Å². The second kappa shape index (κ2) is 8.77. The Balaban J connectivity index is 1.01. The molecule has 9 saturated carbocycles. The minimum Gasteiger partial charge on any atom is -0.494 e. The molecule has 2 aromatic rings. The van der Waals surface area contributed by atoms with E-state index in [0.717, 1.165) is 61.2 Å². The number of rotatable bonds is 12. The van der Waals surface area contributed by atoms with Crippen molar-refractivity contribution in [3.05, 3.63) is 59.7 Å². The molecule has 6 unspecified atom stereocenters. The minimum absolute atomic E-state index is 0.443. The molecule has 2 spiro atoms. The Kier molecular flexibility index (Phi) is 5.58. The van der Waals surface area contributed by atoms with E-state index >= 15 is 0 Å². The summed E-state index contributed by atoms with van der Waals surface area (Å²) in [7, 11) is 0. The third-order valence-corrected chi connectivity index (χ3v) is 13.3. The number of ether oxygens (including phenoxy) is 2. The SMILES string of the molecule is CCCCCOc1ccc(C23CC4C56CC7(c8ccc(OCCCCC)cc8)CC([C@H]5C2)[C@H](C3)C4(C7)C6)cc1. The van der Waals surface area contributed by atoms with E-state index in [1.165, 1.54) is 64.2 Å². The summed E-state index contributed by atoms with van der Waals surface area (Å²) in [5, 5.41) is 0. The van der Waals surface area contributed by atoms with E-state index in [9.17, 15) is 0 Å². The fourth-order valence-corrected chi connectivity index (χ4v) is 12.2. The highest BCUT2D eigenvalue weighted by atomic mass is 16.5.